The van der Waals surface area contributed by atoms with E-state index in [0.29, 0.717) is 17.8 Å². The van der Waals surface area contributed by atoms with E-state index in [9.17, 15) is 18.0 Å². The number of sulfonamides is 1. The van der Waals surface area contributed by atoms with Gasteiger partial charge in [-0.3, -0.25) is 4.79 Å². The molecule has 3 rings (SSSR count). The van der Waals surface area contributed by atoms with Gasteiger partial charge in [0.2, 0.25) is 10.0 Å². The Hall–Kier alpha value is -3.49. The normalized spacial score (nSPS) is 11.3. The molecule has 0 saturated heterocycles. The number of benzene rings is 3. The number of anilines is 1. The van der Waals surface area contributed by atoms with Gasteiger partial charge in [-0.25, -0.2) is 17.5 Å². The molecule has 7 nitrogen and oxygen atoms in total. The number of esters is 1. The van der Waals surface area contributed by atoms with Gasteiger partial charge in [0.15, 0.2) is 6.61 Å². The predicted molar refractivity (Wildman–Crippen MR) is 131 cm³/mol. The zero-order chi connectivity index (χ0) is 24.9. The van der Waals surface area contributed by atoms with Crippen LogP contribution in [0.15, 0.2) is 77.7 Å². The Balaban J connectivity index is 1.81. The highest BCUT2D eigenvalue weighted by Crippen LogP contribution is 2.21. The van der Waals surface area contributed by atoms with E-state index in [0.717, 1.165) is 15.4 Å². The smallest absolute Gasteiger partial charge is 0.338 e. The number of hydrogen-bond donors (Lipinski definition) is 0. The fourth-order valence-corrected chi connectivity index (χ4v) is 4.29. The van der Waals surface area contributed by atoms with E-state index in [1.54, 1.807) is 17.9 Å². The highest BCUT2D eigenvalue weighted by Gasteiger charge is 2.23. The first-order chi connectivity index (χ1) is 16.1. The van der Waals surface area contributed by atoms with E-state index < -0.39 is 28.5 Å². The van der Waals surface area contributed by atoms with E-state index in [2.05, 4.69) is 0 Å². The number of ether oxygens (including phenoxy) is 1. The number of aryl methyl sites for hydroxylation is 2. The molecule has 0 spiro atoms. The third-order valence-electron chi connectivity index (χ3n) is 5.33. The van der Waals surface area contributed by atoms with Gasteiger partial charge in [-0.15, -0.1) is 0 Å². The van der Waals surface area contributed by atoms with E-state index in [-0.39, 0.29) is 10.5 Å². The van der Waals surface area contributed by atoms with Crippen LogP contribution in [0.2, 0.25) is 0 Å². The molecule has 0 heterocycles. The van der Waals surface area contributed by atoms with Gasteiger partial charge in [0.25, 0.3) is 5.91 Å². The van der Waals surface area contributed by atoms with Crippen molar-refractivity contribution in [2.24, 2.45) is 0 Å². The maximum atomic E-state index is 13.1. The minimum atomic E-state index is -3.72. The second-order valence-corrected chi connectivity index (χ2v) is 10.3. The Morgan fingerprint density at radius 3 is 2.24 bits per heavy atom. The summed E-state index contributed by atoms with van der Waals surface area (Å²) in [4.78, 5) is 27.5. The first-order valence-electron chi connectivity index (χ1n) is 10.7. The molecule has 0 aliphatic heterocycles. The summed E-state index contributed by atoms with van der Waals surface area (Å²) in [5, 5.41) is 0. The van der Waals surface area contributed by atoms with Crippen molar-refractivity contribution >= 4 is 27.6 Å². The Morgan fingerprint density at radius 1 is 0.882 bits per heavy atom. The molecule has 0 atom stereocenters. The zero-order valence-corrected chi connectivity index (χ0v) is 20.5. The molecular weight excluding hydrogens is 452 g/mol. The van der Waals surface area contributed by atoms with E-state index in [4.69, 9.17) is 4.74 Å². The summed E-state index contributed by atoms with van der Waals surface area (Å²) in [5.41, 5.74) is 3.27. The molecule has 8 heteroatoms. The van der Waals surface area contributed by atoms with Crippen molar-refractivity contribution in [2.75, 3.05) is 25.6 Å². The first-order valence-corrected chi connectivity index (χ1v) is 12.1. The quantitative estimate of drug-likeness (QED) is 0.456. The number of carbonyl (C=O) groups is 2. The third-order valence-corrected chi connectivity index (χ3v) is 7.14. The molecule has 34 heavy (non-hydrogen) atoms. The monoisotopic (exact) mass is 480 g/mol. The van der Waals surface area contributed by atoms with Crippen LogP contribution in [0.1, 0.15) is 27.0 Å². The second-order valence-electron chi connectivity index (χ2n) is 8.14. The fraction of sp³-hybridized carbons (Fsp3) is 0.231. The molecule has 0 aromatic heterocycles. The van der Waals surface area contributed by atoms with E-state index in [1.807, 2.05) is 61.5 Å². The maximum absolute atomic E-state index is 13.1. The summed E-state index contributed by atoms with van der Waals surface area (Å²) in [6.45, 7) is 3.45. The lowest BCUT2D eigenvalue weighted by atomic mass is 10.1. The number of hydrogen-bond acceptors (Lipinski definition) is 5. The van der Waals surface area contributed by atoms with Gasteiger partial charge in [-0.2, -0.15) is 0 Å². The predicted octanol–water partition coefficient (Wildman–Crippen LogP) is 3.94. The average molecular weight is 481 g/mol. The van der Waals surface area contributed by atoms with Gasteiger partial charge >= 0.3 is 5.97 Å². The highest BCUT2D eigenvalue weighted by molar-refractivity contribution is 7.89. The molecule has 1 amide bonds. The van der Waals surface area contributed by atoms with Crippen LogP contribution >= 0.6 is 0 Å². The van der Waals surface area contributed by atoms with Crippen LogP contribution in [0.3, 0.4) is 0 Å². The van der Waals surface area contributed by atoms with Gasteiger partial charge in [0.1, 0.15) is 0 Å². The lowest BCUT2D eigenvalue weighted by molar-refractivity contribution is -0.121. The van der Waals surface area contributed by atoms with Crippen molar-refractivity contribution < 1.29 is 22.7 Å². The Bertz CT molecular complexity index is 1290. The molecule has 0 aliphatic rings. The van der Waals surface area contributed by atoms with Crippen LogP contribution in [0.5, 0.6) is 0 Å². The Labute approximate surface area is 200 Å². The van der Waals surface area contributed by atoms with Crippen molar-refractivity contribution in [1.29, 1.82) is 0 Å². The molecule has 0 radical (unpaired) electrons. The van der Waals surface area contributed by atoms with Gasteiger partial charge in [-0.1, -0.05) is 48.5 Å². The SMILES string of the molecule is Cc1cccc(N(Cc2ccccc2)C(=O)COC(=O)c2cc(S(=O)(=O)N(C)C)ccc2C)c1. The average Bonchev–Trinajstić information content (AvgIpc) is 2.81. The van der Waals surface area contributed by atoms with Crippen molar-refractivity contribution in [3.63, 3.8) is 0 Å². The summed E-state index contributed by atoms with van der Waals surface area (Å²) >= 11 is 0. The van der Waals surface area contributed by atoms with Crippen molar-refractivity contribution in [3.05, 3.63) is 95.1 Å². The van der Waals surface area contributed by atoms with Crippen molar-refractivity contribution in [1.82, 2.24) is 4.31 Å². The summed E-state index contributed by atoms with van der Waals surface area (Å²) in [6.07, 6.45) is 0. The summed E-state index contributed by atoms with van der Waals surface area (Å²) in [7, 11) is -0.888. The van der Waals surface area contributed by atoms with E-state index >= 15 is 0 Å². The molecule has 178 valence electrons. The van der Waals surface area contributed by atoms with Crippen LogP contribution < -0.4 is 4.90 Å². The number of amides is 1. The topological polar surface area (TPSA) is 84.0 Å². The lowest BCUT2D eigenvalue weighted by Crippen LogP contribution is -2.34. The summed E-state index contributed by atoms with van der Waals surface area (Å²) < 4.78 is 31.3. The van der Waals surface area contributed by atoms with E-state index in [1.165, 1.54) is 26.2 Å². The van der Waals surface area contributed by atoms with Crippen LogP contribution in [0.25, 0.3) is 0 Å². The Morgan fingerprint density at radius 2 is 1.59 bits per heavy atom. The van der Waals surface area contributed by atoms with Crippen LogP contribution in [-0.4, -0.2) is 45.3 Å². The molecule has 0 saturated carbocycles. The summed E-state index contributed by atoms with van der Waals surface area (Å²) in [5.74, 6) is -1.15. The molecular formula is C26H28N2O5S. The number of rotatable bonds is 8. The molecule has 0 N–H and O–H groups in total. The fourth-order valence-electron chi connectivity index (χ4n) is 3.36. The standard InChI is InChI=1S/C26H28N2O5S/c1-19-9-8-12-22(15-19)28(17-21-10-6-5-7-11-21)25(29)18-33-26(30)24-16-23(14-13-20(24)2)34(31,32)27(3)4/h5-16H,17-18H2,1-4H3. The molecule has 3 aromatic carbocycles. The minimum Gasteiger partial charge on any atom is -0.452 e. The lowest BCUT2D eigenvalue weighted by Gasteiger charge is -2.23. The number of nitrogens with zero attached hydrogens (tertiary/aromatic N) is 2. The first kappa shape index (κ1) is 25.1. The summed E-state index contributed by atoms with van der Waals surface area (Å²) in [6, 6.07) is 21.3. The molecule has 0 unspecified atom stereocenters. The van der Waals surface area contributed by atoms with Crippen LogP contribution in [0.4, 0.5) is 5.69 Å². The molecule has 3 aromatic rings. The molecule has 0 aliphatic carbocycles. The third kappa shape index (κ3) is 5.89. The van der Waals surface area contributed by atoms with Crippen LogP contribution in [-0.2, 0) is 26.1 Å². The largest absolute Gasteiger partial charge is 0.452 e. The van der Waals surface area contributed by atoms with Crippen LogP contribution in [0, 0.1) is 13.8 Å². The maximum Gasteiger partial charge on any atom is 0.338 e. The zero-order valence-electron chi connectivity index (χ0n) is 19.7. The Kier molecular flexibility index (Phi) is 7.86. The van der Waals surface area contributed by atoms with Gasteiger partial charge in [-0.05, 0) is 54.8 Å². The number of carbonyl (C=O) groups excluding carboxylic acids is 2. The van der Waals surface area contributed by atoms with Crippen molar-refractivity contribution in [3.8, 4) is 0 Å². The van der Waals surface area contributed by atoms with Gasteiger partial charge in [0.05, 0.1) is 17.0 Å². The van der Waals surface area contributed by atoms with Crippen molar-refractivity contribution in [2.45, 2.75) is 25.3 Å². The highest BCUT2D eigenvalue weighted by atomic mass is 32.2. The molecule has 0 fully saturated rings. The van der Waals surface area contributed by atoms with Gasteiger partial charge < -0.3 is 9.64 Å². The molecule has 0 bridgehead atoms. The second kappa shape index (κ2) is 10.6. The minimum absolute atomic E-state index is 0.0214. The van der Waals surface area contributed by atoms with Gasteiger partial charge in [0, 0.05) is 19.8 Å².